The van der Waals surface area contributed by atoms with Crippen LogP contribution in [0.15, 0.2) is 42.5 Å². The number of anilines is 1. The van der Waals surface area contributed by atoms with E-state index >= 15 is 0 Å². The molecular weight excluding hydrogens is 343 g/mol. The Balaban J connectivity index is 1.59. The van der Waals surface area contributed by atoms with Crippen LogP contribution in [0.2, 0.25) is 0 Å². The van der Waals surface area contributed by atoms with E-state index in [4.69, 9.17) is 0 Å². The SMILES string of the molecule is Cc1cc(C(=O)NC2CCCCC2)ccc1NC(=O)Cc1ccc(F)cc1. The second kappa shape index (κ2) is 8.80. The van der Waals surface area contributed by atoms with Crippen molar-refractivity contribution in [3.63, 3.8) is 0 Å². The van der Waals surface area contributed by atoms with Crippen molar-refractivity contribution in [2.75, 3.05) is 5.32 Å². The average Bonchev–Trinajstić information content (AvgIpc) is 2.66. The minimum absolute atomic E-state index is 0.0609. The Morgan fingerprint density at radius 2 is 1.74 bits per heavy atom. The predicted octanol–water partition coefficient (Wildman–Crippen LogP) is 4.38. The van der Waals surface area contributed by atoms with Crippen molar-refractivity contribution < 1.29 is 14.0 Å². The van der Waals surface area contributed by atoms with E-state index in [1.807, 2.05) is 6.92 Å². The summed E-state index contributed by atoms with van der Waals surface area (Å²) in [6, 6.07) is 11.4. The number of aryl methyl sites for hydroxylation is 1. The number of halogens is 1. The van der Waals surface area contributed by atoms with Gasteiger partial charge in [-0.25, -0.2) is 4.39 Å². The van der Waals surface area contributed by atoms with Gasteiger partial charge in [0.05, 0.1) is 6.42 Å². The van der Waals surface area contributed by atoms with Crippen molar-refractivity contribution in [3.05, 3.63) is 65.0 Å². The van der Waals surface area contributed by atoms with E-state index in [0.717, 1.165) is 24.0 Å². The van der Waals surface area contributed by atoms with Crippen LogP contribution in [0.1, 0.15) is 53.6 Å². The number of amides is 2. The number of nitrogens with one attached hydrogen (secondary N) is 2. The van der Waals surface area contributed by atoms with Crippen LogP contribution in [0, 0.1) is 12.7 Å². The van der Waals surface area contributed by atoms with Crippen molar-refractivity contribution in [2.24, 2.45) is 0 Å². The zero-order chi connectivity index (χ0) is 19.2. The van der Waals surface area contributed by atoms with Crippen LogP contribution in [-0.4, -0.2) is 17.9 Å². The fraction of sp³-hybridized carbons (Fsp3) is 0.364. The lowest BCUT2D eigenvalue weighted by Gasteiger charge is -2.23. The Labute approximate surface area is 159 Å². The Morgan fingerprint density at radius 3 is 2.41 bits per heavy atom. The first-order valence-electron chi connectivity index (χ1n) is 9.47. The van der Waals surface area contributed by atoms with Gasteiger partial charge in [-0.05, 0) is 61.2 Å². The summed E-state index contributed by atoms with van der Waals surface area (Å²) < 4.78 is 12.9. The van der Waals surface area contributed by atoms with Gasteiger partial charge < -0.3 is 10.6 Å². The van der Waals surface area contributed by atoms with Gasteiger partial charge in [0.25, 0.3) is 5.91 Å². The highest BCUT2D eigenvalue weighted by atomic mass is 19.1. The van der Waals surface area contributed by atoms with E-state index in [-0.39, 0.29) is 30.1 Å². The molecule has 2 amide bonds. The monoisotopic (exact) mass is 368 g/mol. The summed E-state index contributed by atoms with van der Waals surface area (Å²) >= 11 is 0. The third kappa shape index (κ3) is 5.39. The number of carbonyl (C=O) groups excluding carboxylic acids is 2. The van der Waals surface area contributed by atoms with Crippen molar-refractivity contribution in [1.82, 2.24) is 5.32 Å². The molecule has 1 saturated carbocycles. The first-order valence-corrected chi connectivity index (χ1v) is 9.47. The Morgan fingerprint density at radius 1 is 1.04 bits per heavy atom. The van der Waals surface area contributed by atoms with E-state index in [1.165, 1.54) is 31.4 Å². The van der Waals surface area contributed by atoms with E-state index in [1.54, 1.807) is 30.3 Å². The first-order chi connectivity index (χ1) is 13.0. The van der Waals surface area contributed by atoms with Crippen molar-refractivity contribution in [1.29, 1.82) is 0 Å². The second-order valence-electron chi connectivity index (χ2n) is 7.19. The maximum absolute atomic E-state index is 12.9. The van der Waals surface area contributed by atoms with Crippen LogP contribution in [0.3, 0.4) is 0 Å². The molecule has 3 rings (SSSR count). The lowest BCUT2D eigenvalue weighted by molar-refractivity contribution is -0.115. The van der Waals surface area contributed by atoms with Gasteiger partial charge in [-0.1, -0.05) is 31.4 Å². The Kier molecular flexibility index (Phi) is 6.22. The number of carbonyl (C=O) groups is 2. The molecule has 0 spiro atoms. The summed E-state index contributed by atoms with van der Waals surface area (Å²) in [4.78, 5) is 24.7. The topological polar surface area (TPSA) is 58.2 Å². The zero-order valence-electron chi connectivity index (χ0n) is 15.6. The zero-order valence-corrected chi connectivity index (χ0v) is 15.6. The molecule has 5 heteroatoms. The number of benzene rings is 2. The van der Waals surface area contributed by atoms with Gasteiger partial charge in [0.1, 0.15) is 5.82 Å². The van der Waals surface area contributed by atoms with Crippen molar-refractivity contribution in [3.8, 4) is 0 Å². The molecule has 0 unspecified atom stereocenters. The molecule has 1 aliphatic rings. The van der Waals surface area contributed by atoms with Gasteiger partial charge in [0.15, 0.2) is 0 Å². The number of hydrogen-bond donors (Lipinski definition) is 2. The first kappa shape index (κ1) is 19.1. The standard InChI is InChI=1S/C22H25FN2O2/c1-15-13-17(22(27)24-19-5-3-2-4-6-19)9-12-20(15)25-21(26)14-16-7-10-18(23)11-8-16/h7-13,19H,2-6,14H2,1H3,(H,24,27)(H,25,26). The van der Waals surface area contributed by atoms with Crippen molar-refractivity contribution in [2.45, 2.75) is 51.5 Å². The smallest absolute Gasteiger partial charge is 0.251 e. The molecule has 0 atom stereocenters. The fourth-order valence-electron chi connectivity index (χ4n) is 3.44. The maximum atomic E-state index is 12.9. The van der Waals surface area contributed by atoms with Crippen LogP contribution in [-0.2, 0) is 11.2 Å². The molecule has 1 aliphatic carbocycles. The molecule has 4 nitrogen and oxygen atoms in total. The molecule has 142 valence electrons. The summed E-state index contributed by atoms with van der Waals surface area (Å²) in [6.45, 7) is 1.87. The third-order valence-electron chi connectivity index (χ3n) is 4.98. The largest absolute Gasteiger partial charge is 0.349 e. The van der Waals surface area contributed by atoms with Crippen LogP contribution in [0.25, 0.3) is 0 Å². The summed E-state index contributed by atoms with van der Waals surface area (Å²) in [5, 5.41) is 5.96. The summed E-state index contributed by atoms with van der Waals surface area (Å²) in [5.41, 5.74) is 2.86. The molecule has 0 radical (unpaired) electrons. The normalized spacial score (nSPS) is 14.6. The molecule has 0 aliphatic heterocycles. The molecule has 2 aromatic carbocycles. The minimum Gasteiger partial charge on any atom is -0.349 e. The lowest BCUT2D eigenvalue weighted by Crippen LogP contribution is -2.36. The lowest BCUT2D eigenvalue weighted by atomic mass is 9.95. The summed E-state index contributed by atoms with van der Waals surface area (Å²) in [6.07, 6.45) is 5.85. The molecule has 0 saturated heterocycles. The molecule has 27 heavy (non-hydrogen) atoms. The maximum Gasteiger partial charge on any atom is 0.251 e. The van der Waals surface area contributed by atoms with Gasteiger partial charge in [-0.3, -0.25) is 9.59 Å². The van der Waals surface area contributed by atoms with Gasteiger partial charge in [0, 0.05) is 17.3 Å². The van der Waals surface area contributed by atoms with Gasteiger partial charge in [-0.15, -0.1) is 0 Å². The van der Waals surface area contributed by atoms with Crippen LogP contribution in [0.5, 0.6) is 0 Å². The van der Waals surface area contributed by atoms with Crippen LogP contribution in [0.4, 0.5) is 10.1 Å². The average molecular weight is 368 g/mol. The van der Waals surface area contributed by atoms with Gasteiger partial charge in [-0.2, -0.15) is 0 Å². The Bertz CT molecular complexity index is 812. The van der Waals surface area contributed by atoms with E-state index in [0.29, 0.717) is 11.3 Å². The van der Waals surface area contributed by atoms with E-state index < -0.39 is 0 Å². The molecular formula is C22H25FN2O2. The number of hydrogen-bond acceptors (Lipinski definition) is 2. The Hall–Kier alpha value is -2.69. The molecule has 2 N–H and O–H groups in total. The summed E-state index contributed by atoms with van der Waals surface area (Å²) in [7, 11) is 0. The molecule has 0 heterocycles. The quantitative estimate of drug-likeness (QED) is 0.823. The molecule has 0 aromatic heterocycles. The van der Waals surface area contributed by atoms with Crippen LogP contribution >= 0.6 is 0 Å². The highest BCUT2D eigenvalue weighted by Gasteiger charge is 2.17. The highest BCUT2D eigenvalue weighted by molar-refractivity contribution is 5.97. The fourth-order valence-corrected chi connectivity index (χ4v) is 3.44. The molecule has 1 fully saturated rings. The third-order valence-corrected chi connectivity index (χ3v) is 4.98. The highest BCUT2D eigenvalue weighted by Crippen LogP contribution is 2.20. The van der Waals surface area contributed by atoms with Crippen molar-refractivity contribution >= 4 is 17.5 Å². The minimum atomic E-state index is -0.322. The number of rotatable bonds is 5. The second-order valence-corrected chi connectivity index (χ2v) is 7.19. The van der Waals surface area contributed by atoms with E-state index in [2.05, 4.69) is 10.6 Å². The van der Waals surface area contributed by atoms with Crippen LogP contribution < -0.4 is 10.6 Å². The predicted molar refractivity (Wildman–Crippen MR) is 104 cm³/mol. The molecule has 2 aromatic rings. The van der Waals surface area contributed by atoms with E-state index in [9.17, 15) is 14.0 Å². The van der Waals surface area contributed by atoms with Gasteiger partial charge in [0.2, 0.25) is 5.91 Å². The molecule has 0 bridgehead atoms. The summed E-state index contributed by atoms with van der Waals surface area (Å²) in [5.74, 6) is -0.560. The van der Waals surface area contributed by atoms with Gasteiger partial charge >= 0.3 is 0 Å².